The lowest BCUT2D eigenvalue weighted by molar-refractivity contribution is -0.153. The van der Waals surface area contributed by atoms with Crippen LogP contribution in [0, 0.1) is 5.92 Å². The third kappa shape index (κ3) is 4.05. The smallest absolute Gasteiger partial charge is 0.321 e. The van der Waals surface area contributed by atoms with Crippen molar-refractivity contribution in [1.82, 2.24) is 9.55 Å². The number of carbonyl (C=O) groups is 2. The topological polar surface area (TPSA) is 92.1 Å². The first kappa shape index (κ1) is 24.4. The van der Waals surface area contributed by atoms with E-state index in [-0.39, 0.29) is 12.5 Å². The van der Waals surface area contributed by atoms with Crippen molar-refractivity contribution in [2.75, 3.05) is 39.4 Å². The van der Waals surface area contributed by atoms with Crippen LogP contribution in [0.4, 0.5) is 5.95 Å². The van der Waals surface area contributed by atoms with Crippen LogP contribution in [0.2, 0.25) is 0 Å². The molecule has 35 heavy (non-hydrogen) atoms. The molecule has 3 aromatic rings. The molecule has 1 aliphatic heterocycles. The molecule has 1 aromatic heterocycles. The van der Waals surface area contributed by atoms with Gasteiger partial charge in [-0.3, -0.25) is 14.5 Å². The highest BCUT2D eigenvalue weighted by Gasteiger charge is 2.49. The van der Waals surface area contributed by atoms with Crippen LogP contribution in [-0.4, -0.2) is 55.9 Å². The first-order valence-electron chi connectivity index (χ1n) is 11.8. The number of benzene rings is 2. The minimum atomic E-state index is -1.14. The standard InChI is InChI=1S/C26H31N3O6/c1-6-8-15-28-24(30)20(25(31)35-7-2)21(29-18-12-10-9-11-17(18)27-26(28)29)16-13-14-19(32-3)23(34-5)22(16)33-4/h9-14,20-21H,6-8,15H2,1-5H3/t20-,21-/m1/s1. The van der Waals surface area contributed by atoms with Gasteiger partial charge in [0.15, 0.2) is 17.4 Å². The zero-order valence-electron chi connectivity index (χ0n) is 20.7. The Bertz CT molecular complexity index is 1240. The number of rotatable bonds is 9. The second-order valence-electron chi connectivity index (χ2n) is 8.21. The molecule has 0 unspecified atom stereocenters. The van der Waals surface area contributed by atoms with Gasteiger partial charge in [0.1, 0.15) is 0 Å². The third-order valence-corrected chi connectivity index (χ3v) is 6.27. The van der Waals surface area contributed by atoms with Crippen LogP contribution in [0.5, 0.6) is 17.2 Å². The van der Waals surface area contributed by atoms with E-state index < -0.39 is 17.9 Å². The number of hydrogen-bond acceptors (Lipinski definition) is 7. The van der Waals surface area contributed by atoms with Crippen molar-refractivity contribution in [2.24, 2.45) is 5.92 Å². The van der Waals surface area contributed by atoms with E-state index in [1.807, 2.05) is 28.8 Å². The van der Waals surface area contributed by atoms with Gasteiger partial charge in [0.25, 0.3) is 0 Å². The van der Waals surface area contributed by atoms with Crippen LogP contribution in [0.15, 0.2) is 36.4 Å². The lowest BCUT2D eigenvalue weighted by Crippen LogP contribution is -2.50. The number of aromatic nitrogens is 2. The van der Waals surface area contributed by atoms with Crippen LogP contribution >= 0.6 is 0 Å². The SMILES string of the molecule is CCCCN1C(=O)[C@H](C(=O)OCC)[C@@H](c2ccc(OC)c(OC)c2OC)n2c1nc1ccccc12. The van der Waals surface area contributed by atoms with Crippen molar-refractivity contribution in [3.05, 3.63) is 42.0 Å². The molecule has 0 saturated carbocycles. The molecule has 0 saturated heterocycles. The molecule has 2 atom stereocenters. The fourth-order valence-electron chi connectivity index (χ4n) is 4.71. The van der Waals surface area contributed by atoms with Crippen LogP contribution in [0.1, 0.15) is 38.3 Å². The van der Waals surface area contributed by atoms with Crippen molar-refractivity contribution in [1.29, 1.82) is 0 Å². The van der Waals surface area contributed by atoms with E-state index in [0.717, 1.165) is 23.9 Å². The average molecular weight is 482 g/mol. The monoisotopic (exact) mass is 481 g/mol. The fourth-order valence-corrected chi connectivity index (χ4v) is 4.71. The summed E-state index contributed by atoms with van der Waals surface area (Å²) in [4.78, 5) is 33.7. The number of fused-ring (bicyclic) bond motifs is 3. The summed E-state index contributed by atoms with van der Waals surface area (Å²) in [6.07, 6.45) is 1.66. The number of anilines is 1. The number of hydrogen-bond donors (Lipinski definition) is 0. The molecule has 0 aliphatic carbocycles. The Balaban J connectivity index is 2.05. The van der Waals surface area contributed by atoms with Gasteiger partial charge >= 0.3 is 5.97 Å². The molecule has 0 bridgehead atoms. The number of esters is 1. The maximum atomic E-state index is 13.9. The van der Waals surface area contributed by atoms with Gasteiger partial charge in [-0.1, -0.05) is 25.5 Å². The number of unbranched alkanes of at least 4 members (excludes halogenated alkanes) is 1. The van der Waals surface area contributed by atoms with Crippen LogP contribution in [0.25, 0.3) is 11.0 Å². The number of para-hydroxylation sites is 2. The van der Waals surface area contributed by atoms with E-state index in [1.54, 1.807) is 24.0 Å². The van der Waals surface area contributed by atoms with E-state index in [2.05, 4.69) is 6.92 Å². The van der Waals surface area contributed by atoms with E-state index in [4.69, 9.17) is 23.9 Å². The molecule has 9 nitrogen and oxygen atoms in total. The van der Waals surface area contributed by atoms with Crippen molar-refractivity contribution in [3.8, 4) is 17.2 Å². The largest absolute Gasteiger partial charge is 0.493 e. The second-order valence-corrected chi connectivity index (χ2v) is 8.21. The highest BCUT2D eigenvalue weighted by molar-refractivity contribution is 6.08. The Morgan fingerprint density at radius 2 is 1.74 bits per heavy atom. The Kier molecular flexibility index (Phi) is 7.14. The van der Waals surface area contributed by atoms with Crippen molar-refractivity contribution in [2.45, 2.75) is 32.7 Å². The average Bonchev–Trinajstić information content (AvgIpc) is 3.25. The van der Waals surface area contributed by atoms with Gasteiger partial charge in [-0.25, -0.2) is 4.98 Å². The van der Waals surface area contributed by atoms with Crippen LogP contribution in [0.3, 0.4) is 0 Å². The zero-order valence-corrected chi connectivity index (χ0v) is 20.7. The molecule has 0 N–H and O–H groups in total. The van der Waals surface area contributed by atoms with Gasteiger partial charge in [0.2, 0.25) is 17.6 Å². The minimum Gasteiger partial charge on any atom is -0.493 e. The van der Waals surface area contributed by atoms with Crippen molar-refractivity contribution in [3.63, 3.8) is 0 Å². The van der Waals surface area contributed by atoms with Crippen LogP contribution < -0.4 is 19.1 Å². The molecule has 186 valence electrons. The molecule has 0 spiro atoms. The van der Waals surface area contributed by atoms with E-state index in [0.29, 0.717) is 35.3 Å². The number of amides is 1. The number of imidazole rings is 1. The van der Waals surface area contributed by atoms with E-state index in [1.165, 1.54) is 21.3 Å². The summed E-state index contributed by atoms with van der Waals surface area (Å²) in [5, 5.41) is 0. The van der Waals surface area contributed by atoms with Gasteiger partial charge in [0, 0.05) is 12.1 Å². The second kappa shape index (κ2) is 10.2. The Morgan fingerprint density at radius 3 is 2.40 bits per heavy atom. The molecule has 9 heteroatoms. The van der Waals surface area contributed by atoms with Gasteiger partial charge < -0.3 is 23.5 Å². The Hall–Kier alpha value is -3.75. The molecule has 4 rings (SSSR count). The molecule has 0 radical (unpaired) electrons. The number of ether oxygens (including phenoxy) is 4. The lowest BCUT2D eigenvalue weighted by Gasteiger charge is -2.38. The maximum Gasteiger partial charge on any atom is 0.321 e. The third-order valence-electron chi connectivity index (χ3n) is 6.27. The highest BCUT2D eigenvalue weighted by Crippen LogP contribution is 2.48. The number of nitrogens with zero attached hydrogens (tertiary/aromatic N) is 3. The molecule has 0 fully saturated rings. The summed E-state index contributed by atoms with van der Waals surface area (Å²) in [6.45, 7) is 4.39. The highest BCUT2D eigenvalue weighted by atomic mass is 16.5. The molecular weight excluding hydrogens is 450 g/mol. The normalized spacial score (nSPS) is 17.3. The fraction of sp³-hybridized carbons (Fsp3) is 0.423. The summed E-state index contributed by atoms with van der Waals surface area (Å²) in [5.41, 5.74) is 2.12. The predicted octanol–water partition coefficient (Wildman–Crippen LogP) is 3.98. The first-order valence-corrected chi connectivity index (χ1v) is 11.8. The number of carbonyl (C=O) groups excluding carboxylic acids is 2. The summed E-state index contributed by atoms with van der Waals surface area (Å²) in [7, 11) is 4.57. The molecule has 2 heterocycles. The quantitative estimate of drug-likeness (QED) is 0.337. The zero-order chi connectivity index (χ0) is 25.1. The summed E-state index contributed by atoms with van der Waals surface area (Å²) in [5.74, 6) is -0.350. The van der Waals surface area contributed by atoms with Crippen molar-refractivity contribution >= 4 is 28.9 Å². The van der Waals surface area contributed by atoms with E-state index in [9.17, 15) is 9.59 Å². The Morgan fingerprint density at radius 1 is 1.00 bits per heavy atom. The van der Waals surface area contributed by atoms with Gasteiger partial charge in [-0.15, -0.1) is 0 Å². The first-order chi connectivity index (χ1) is 17.0. The molecule has 1 amide bonds. The molecular formula is C26H31N3O6. The lowest BCUT2D eigenvalue weighted by atomic mass is 9.88. The Labute approximate surface area is 204 Å². The van der Waals surface area contributed by atoms with Gasteiger partial charge in [0.05, 0.1) is 45.0 Å². The van der Waals surface area contributed by atoms with Gasteiger partial charge in [-0.05, 0) is 37.6 Å². The number of methoxy groups -OCH3 is 3. The van der Waals surface area contributed by atoms with E-state index >= 15 is 0 Å². The van der Waals surface area contributed by atoms with Crippen LogP contribution in [-0.2, 0) is 14.3 Å². The van der Waals surface area contributed by atoms with Gasteiger partial charge in [-0.2, -0.15) is 0 Å². The predicted molar refractivity (Wildman–Crippen MR) is 131 cm³/mol. The molecule has 1 aliphatic rings. The summed E-state index contributed by atoms with van der Waals surface area (Å²) >= 11 is 0. The molecule has 2 aromatic carbocycles. The van der Waals surface area contributed by atoms with Crippen molar-refractivity contribution < 1.29 is 28.5 Å². The maximum absolute atomic E-state index is 13.9. The minimum absolute atomic E-state index is 0.158. The summed E-state index contributed by atoms with van der Waals surface area (Å²) in [6, 6.07) is 10.4. The summed E-state index contributed by atoms with van der Waals surface area (Å²) < 4.78 is 24.2.